The first kappa shape index (κ1) is 16.6. The van der Waals surface area contributed by atoms with Gasteiger partial charge in [0.05, 0.1) is 6.04 Å². The van der Waals surface area contributed by atoms with Crippen LogP contribution in [-0.4, -0.2) is 48.0 Å². The predicted octanol–water partition coefficient (Wildman–Crippen LogP) is 4.28. The zero-order valence-electron chi connectivity index (χ0n) is 14.3. The maximum Gasteiger partial charge on any atom is 0.196 e. The van der Waals surface area contributed by atoms with Gasteiger partial charge in [0, 0.05) is 26.2 Å². The van der Waals surface area contributed by atoms with E-state index in [0.717, 1.165) is 6.54 Å². The fourth-order valence-corrected chi connectivity index (χ4v) is 3.58. The van der Waals surface area contributed by atoms with E-state index in [2.05, 4.69) is 23.6 Å². The molecule has 0 radical (unpaired) electrons. The van der Waals surface area contributed by atoms with Crippen LogP contribution in [0.5, 0.6) is 0 Å². The van der Waals surface area contributed by atoms with Gasteiger partial charge >= 0.3 is 0 Å². The molecule has 0 atom stereocenters. The van der Waals surface area contributed by atoms with Gasteiger partial charge < -0.3 is 9.80 Å². The van der Waals surface area contributed by atoms with Crippen LogP contribution in [0, 0.1) is 0 Å². The molecule has 0 bridgehead atoms. The third-order valence-electron chi connectivity index (χ3n) is 4.96. The molecular formula is C18H35N3. The van der Waals surface area contributed by atoms with Gasteiger partial charge in [-0.2, -0.15) is 0 Å². The molecule has 1 aliphatic carbocycles. The molecule has 2 rings (SSSR count). The fourth-order valence-electron chi connectivity index (χ4n) is 3.58. The lowest BCUT2D eigenvalue weighted by atomic mass is 9.96. The van der Waals surface area contributed by atoms with Crippen LogP contribution in [0.2, 0.25) is 0 Å². The summed E-state index contributed by atoms with van der Waals surface area (Å²) in [5.41, 5.74) is 0. The van der Waals surface area contributed by atoms with Crippen LogP contribution in [0.3, 0.4) is 0 Å². The molecule has 2 aliphatic rings. The van der Waals surface area contributed by atoms with Crippen molar-refractivity contribution in [2.24, 2.45) is 4.99 Å². The second-order valence-corrected chi connectivity index (χ2v) is 6.70. The van der Waals surface area contributed by atoms with E-state index in [1.165, 1.54) is 89.8 Å². The van der Waals surface area contributed by atoms with Gasteiger partial charge in [-0.15, -0.1) is 0 Å². The largest absolute Gasteiger partial charge is 0.343 e. The summed E-state index contributed by atoms with van der Waals surface area (Å²) in [4.78, 5) is 10.4. The Hall–Kier alpha value is -0.730. The third kappa shape index (κ3) is 5.19. The van der Waals surface area contributed by atoms with E-state index < -0.39 is 0 Å². The van der Waals surface area contributed by atoms with Gasteiger partial charge in [0.1, 0.15) is 0 Å². The lowest BCUT2D eigenvalue weighted by molar-refractivity contribution is 0.277. The highest BCUT2D eigenvalue weighted by Gasteiger charge is 2.22. The number of rotatable bonds is 5. The maximum atomic E-state index is 5.25. The molecule has 122 valence electrons. The van der Waals surface area contributed by atoms with Crippen molar-refractivity contribution in [3.63, 3.8) is 0 Å². The van der Waals surface area contributed by atoms with Crippen molar-refractivity contribution in [1.29, 1.82) is 0 Å². The average molecular weight is 293 g/mol. The minimum absolute atomic E-state index is 0.589. The summed E-state index contributed by atoms with van der Waals surface area (Å²) in [6, 6.07) is 0.589. The quantitative estimate of drug-likeness (QED) is 0.556. The molecule has 2 fully saturated rings. The number of aliphatic imine (C=N–C) groups is 1. The first-order valence-electron chi connectivity index (χ1n) is 9.42. The summed E-state index contributed by atoms with van der Waals surface area (Å²) < 4.78 is 0. The highest BCUT2D eigenvalue weighted by Crippen LogP contribution is 2.22. The number of hydrogen-bond acceptors (Lipinski definition) is 1. The van der Waals surface area contributed by atoms with Gasteiger partial charge in [-0.1, -0.05) is 32.6 Å². The van der Waals surface area contributed by atoms with Crippen molar-refractivity contribution in [3.8, 4) is 0 Å². The smallest absolute Gasteiger partial charge is 0.196 e. The lowest BCUT2D eigenvalue weighted by Crippen LogP contribution is -2.47. The van der Waals surface area contributed by atoms with E-state index >= 15 is 0 Å². The molecule has 1 heterocycles. The lowest BCUT2D eigenvalue weighted by Gasteiger charge is -2.37. The number of nitrogens with zero attached hydrogens (tertiary/aromatic N) is 3. The summed E-state index contributed by atoms with van der Waals surface area (Å²) in [6.07, 6.45) is 13.4. The zero-order valence-corrected chi connectivity index (χ0v) is 14.3. The number of likely N-dealkylation sites (tertiary alicyclic amines) is 1. The van der Waals surface area contributed by atoms with Crippen molar-refractivity contribution in [2.45, 2.75) is 84.1 Å². The predicted molar refractivity (Wildman–Crippen MR) is 91.9 cm³/mol. The molecule has 3 heteroatoms. The van der Waals surface area contributed by atoms with Gasteiger partial charge in [0.2, 0.25) is 0 Å². The van der Waals surface area contributed by atoms with Crippen LogP contribution in [-0.2, 0) is 0 Å². The van der Waals surface area contributed by atoms with Crippen molar-refractivity contribution >= 4 is 5.96 Å². The Labute approximate surface area is 131 Å². The molecule has 0 aromatic heterocycles. The van der Waals surface area contributed by atoms with E-state index in [4.69, 9.17) is 4.99 Å². The minimum atomic E-state index is 0.589. The van der Waals surface area contributed by atoms with Gasteiger partial charge in [-0.05, 0) is 45.4 Å². The molecule has 1 saturated carbocycles. The van der Waals surface area contributed by atoms with Crippen LogP contribution in [0.25, 0.3) is 0 Å². The van der Waals surface area contributed by atoms with Crippen LogP contribution in [0.4, 0.5) is 0 Å². The third-order valence-corrected chi connectivity index (χ3v) is 4.96. The normalized spacial score (nSPS) is 21.6. The van der Waals surface area contributed by atoms with Crippen molar-refractivity contribution in [1.82, 2.24) is 9.80 Å². The van der Waals surface area contributed by atoms with E-state index in [0.29, 0.717) is 6.04 Å². The molecule has 21 heavy (non-hydrogen) atoms. The summed E-state index contributed by atoms with van der Waals surface area (Å²) in [5, 5.41) is 0. The van der Waals surface area contributed by atoms with E-state index in [1.807, 2.05) is 0 Å². The van der Waals surface area contributed by atoms with E-state index in [-0.39, 0.29) is 0 Å². The van der Waals surface area contributed by atoms with Crippen molar-refractivity contribution in [2.75, 3.05) is 26.2 Å². The van der Waals surface area contributed by atoms with Crippen LogP contribution in [0.1, 0.15) is 78.1 Å². The monoisotopic (exact) mass is 293 g/mol. The summed E-state index contributed by atoms with van der Waals surface area (Å²) in [5.74, 6) is 1.33. The Morgan fingerprint density at radius 2 is 1.67 bits per heavy atom. The van der Waals surface area contributed by atoms with E-state index in [1.54, 1.807) is 0 Å². The Balaban J connectivity index is 2.08. The molecule has 0 spiro atoms. The van der Waals surface area contributed by atoms with Crippen LogP contribution in [0.15, 0.2) is 4.99 Å². The number of piperidine rings is 1. The summed E-state index contributed by atoms with van der Waals surface area (Å²) >= 11 is 0. The molecular weight excluding hydrogens is 258 g/mol. The molecule has 0 N–H and O–H groups in total. The number of hydrogen-bond donors (Lipinski definition) is 0. The summed E-state index contributed by atoms with van der Waals surface area (Å²) in [6.45, 7) is 9.28. The number of guanidine groups is 1. The Morgan fingerprint density at radius 1 is 1.00 bits per heavy atom. The van der Waals surface area contributed by atoms with Crippen molar-refractivity contribution < 1.29 is 0 Å². The first-order chi connectivity index (χ1) is 10.3. The highest BCUT2D eigenvalue weighted by atomic mass is 15.4. The van der Waals surface area contributed by atoms with Gasteiger partial charge in [-0.25, -0.2) is 4.99 Å². The molecule has 0 aromatic rings. The molecule has 0 unspecified atom stereocenters. The minimum Gasteiger partial charge on any atom is -0.343 e. The Bertz CT molecular complexity index is 302. The Kier molecular flexibility index (Phi) is 7.38. The van der Waals surface area contributed by atoms with Crippen LogP contribution < -0.4 is 0 Å². The van der Waals surface area contributed by atoms with Gasteiger partial charge in [0.25, 0.3) is 0 Å². The van der Waals surface area contributed by atoms with Crippen LogP contribution >= 0.6 is 0 Å². The van der Waals surface area contributed by atoms with E-state index in [9.17, 15) is 0 Å². The molecule has 0 amide bonds. The summed E-state index contributed by atoms with van der Waals surface area (Å²) in [7, 11) is 0. The molecule has 1 saturated heterocycles. The second kappa shape index (κ2) is 9.32. The molecule has 1 aliphatic heterocycles. The maximum absolute atomic E-state index is 5.25. The topological polar surface area (TPSA) is 18.8 Å². The van der Waals surface area contributed by atoms with Crippen molar-refractivity contribution in [3.05, 3.63) is 0 Å². The first-order valence-corrected chi connectivity index (χ1v) is 9.42. The van der Waals surface area contributed by atoms with Gasteiger partial charge in [0.15, 0.2) is 5.96 Å². The van der Waals surface area contributed by atoms with Gasteiger partial charge in [-0.3, -0.25) is 0 Å². The zero-order chi connectivity index (χ0) is 14.9. The number of unbranched alkanes of at least 4 members (excludes halogenated alkanes) is 1. The SMILES string of the molecule is CCCCN(CC)/C(=N/C1CCCCC1)N1CCCCC1. The standard InChI is InChI=1S/C18H35N3/c1-3-5-14-20(4-2)18(21-15-10-7-11-16-21)19-17-12-8-6-9-13-17/h17H,3-16H2,1-2H3/b19-18-. The Morgan fingerprint density at radius 3 is 2.29 bits per heavy atom. The average Bonchev–Trinajstić information content (AvgIpc) is 2.56. The highest BCUT2D eigenvalue weighted by molar-refractivity contribution is 5.80. The molecule has 3 nitrogen and oxygen atoms in total. The molecule has 0 aromatic carbocycles. The second-order valence-electron chi connectivity index (χ2n) is 6.70. The fraction of sp³-hybridized carbons (Fsp3) is 0.944.